The normalized spacial score (nSPS) is 9.50. The van der Waals surface area contributed by atoms with Crippen LogP contribution in [0.5, 0.6) is 0 Å². The van der Waals surface area contributed by atoms with E-state index in [1.165, 1.54) is 0 Å². The van der Waals surface area contributed by atoms with Gasteiger partial charge in [-0.2, -0.15) is 0 Å². The molecule has 0 aromatic rings. The molecular weight excluding hydrogens is 175 g/mol. The number of rotatable bonds is 1. The average molecular weight is 180 g/mol. The maximum absolute atomic E-state index is 6.87. The van der Waals surface area contributed by atoms with Gasteiger partial charge in [0.15, 0.2) is 0 Å². The molecular formula is C5H5In. The molecule has 0 spiro atoms. The average Bonchev–Trinajstić information content (AvgIpc) is 1.35. The maximum atomic E-state index is 6.87. The van der Waals surface area contributed by atoms with Crippen molar-refractivity contribution in [1.82, 2.24) is 0 Å². The Morgan fingerprint density at radius 1 is 1.83 bits per heavy atom. The van der Waals surface area contributed by atoms with Gasteiger partial charge in [-0.05, 0) is 0 Å². The molecule has 0 unspecified atom stereocenters. The van der Waals surface area contributed by atoms with Gasteiger partial charge in [0, 0.05) is 0 Å². The Kier molecular flexibility index (Phi) is 3.74. The van der Waals surface area contributed by atoms with Crippen LogP contribution < -0.4 is 0 Å². The van der Waals surface area contributed by atoms with E-state index in [4.69, 9.17) is 6.58 Å². The zero-order valence-corrected chi connectivity index (χ0v) is 7.03. The summed E-state index contributed by atoms with van der Waals surface area (Å²) >= 11 is 0.931. The summed E-state index contributed by atoms with van der Waals surface area (Å²) in [4.78, 5) is 0. The minimum absolute atomic E-state index is 0.739. The molecule has 0 bridgehead atoms. The molecule has 0 fully saturated rings. The van der Waals surface area contributed by atoms with Gasteiger partial charge in [0.2, 0.25) is 0 Å². The van der Waals surface area contributed by atoms with Crippen LogP contribution >= 0.6 is 0 Å². The van der Waals surface area contributed by atoms with E-state index < -0.39 is 0 Å². The molecule has 4 radical (unpaired) electrons. The van der Waals surface area contributed by atoms with Gasteiger partial charge in [-0.15, -0.1) is 0 Å². The quantitative estimate of drug-likeness (QED) is 0.526. The molecule has 1 heteroatoms. The van der Waals surface area contributed by atoms with Crippen molar-refractivity contribution in [1.29, 1.82) is 0 Å². The van der Waals surface area contributed by atoms with Crippen molar-refractivity contribution < 1.29 is 0 Å². The molecule has 28 valence electrons. The van der Waals surface area contributed by atoms with Crippen LogP contribution in [0.3, 0.4) is 0 Å². The topological polar surface area (TPSA) is 0 Å². The Morgan fingerprint density at radius 3 is 2.33 bits per heavy atom. The van der Waals surface area contributed by atoms with Crippen LogP contribution in [0.1, 0.15) is 6.92 Å². The van der Waals surface area contributed by atoms with Crippen LogP contribution in [0, 0.1) is 6.58 Å². The third-order valence-electron chi connectivity index (χ3n) is 0.346. The van der Waals surface area contributed by atoms with Crippen molar-refractivity contribution in [3.05, 3.63) is 22.1 Å². The molecule has 0 aliphatic carbocycles. The van der Waals surface area contributed by atoms with E-state index in [0.717, 1.165) is 27.7 Å². The molecule has 0 aliphatic rings. The third-order valence-corrected chi connectivity index (χ3v) is 0.895. The fourth-order valence-electron chi connectivity index (χ4n) is 0.180. The molecule has 0 nitrogen and oxygen atoms in total. The third kappa shape index (κ3) is 4.35. The molecule has 0 aromatic heterocycles. The molecule has 0 saturated heterocycles. The molecule has 6 heavy (non-hydrogen) atoms. The molecule has 0 N–H and O–H groups in total. The summed E-state index contributed by atoms with van der Waals surface area (Å²) in [5.74, 6) is 0. The van der Waals surface area contributed by atoms with E-state index in [2.05, 4.69) is 0 Å². The monoisotopic (exact) mass is 180 g/mol. The zero-order chi connectivity index (χ0) is 4.99. The Morgan fingerprint density at radius 2 is 2.33 bits per heavy atom. The van der Waals surface area contributed by atoms with Crippen molar-refractivity contribution >= 4 is 24.4 Å². The predicted octanol–water partition coefficient (Wildman–Crippen LogP) is 0.925. The van der Waals surface area contributed by atoms with Gasteiger partial charge in [0.1, 0.15) is 0 Å². The van der Waals surface area contributed by atoms with Gasteiger partial charge in [-0.3, -0.25) is 0 Å². The van der Waals surface area contributed by atoms with Crippen LogP contribution in [-0.2, 0) is 0 Å². The van der Waals surface area contributed by atoms with Crippen LogP contribution in [-0.4, -0.2) is 24.4 Å². The number of allylic oxidation sites excluding steroid dienone is 3. The van der Waals surface area contributed by atoms with Gasteiger partial charge in [-0.25, -0.2) is 0 Å². The summed E-state index contributed by atoms with van der Waals surface area (Å²) in [6.07, 6.45) is 3.69. The van der Waals surface area contributed by atoms with Gasteiger partial charge < -0.3 is 0 Å². The number of hydrogen-bond donors (Lipinski definition) is 0. The Labute approximate surface area is 53.5 Å². The van der Waals surface area contributed by atoms with Crippen molar-refractivity contribution in [2.24, 2.45) is 0 Å². The summed E-state index contributed by atoms with van der Waals surface area (Å²) in [7, 11) is 0. The van der Waals surface area contributed by atoms with E-state index in [1.54, 1.807) is 0 Å². The van der Waals surface area contributed by atoms with Gasteiger partial charge in [0.05, 0.1) is 0 Å². The molecule has 0 atom stereocenters. The zero-order valence-electron chi connectivity index (χ0n) is 3.73. The molecule has 0 saturated carbocycles. The Balaban J connectivity index is 3.30. The van der Waals surface area contributed by atoms with Crippen molar-refractivity contribution in [2.75, 3.05) is 0 Å². The fraction of sp³-hybridized carbons (Fsp3) is 0.200. The first-order valence-electron chi connectivity index (χ1n) is 1.74. The first kappa shape index (κ1) is 6.35. The standard InChI is InChI=1S/C5H5.In/c1-3-5-4-2;/h3,5H,1H3;. The van der Waals surface area contributed by atoms with Crippen LogP contribution in [0.15, 0.2) is 15.5 Å². The van der Waals surface area contributed by atoms with Gasteiger partial charge in [-0.1, -0.05) is 0 Å². The summed E-state index contributed by atoms with van der Waals surface area (Å²) in [6, 6.07) is 0. The molecule has 0 aliphatic heterocycles. The molecule has 0 aromatic carbocycles. The second kappa shape index (κ2) is 3.54. The summed E-state index contributed by atoms with van der Waals surface area (Å²) in [5.41, 5.74) is 0. The minimum atomic E-state index is 0.739. The van der Waals surface area contributed by atoms with Crippen LogP contribution in [0.4, 0.5) is 0 Å². The SMILES string of the molecule is [C]=[C]([In])C=CC. The van der Waals surface area contributed by atoms with E-state index in [9.17, 15) is 0 Å². The van der Waals surface area contributed by atoms with Crippen molar-refractivity contribution in [3.63, 3.8) is 0 Å². The van der Waals surface area contributed by atoms with E-state index >= 15 is 0 Å². The summed E-state index contributed by atoms with van der Waals surface area (Å²) in [5, 5.41) is 0. The first-order chi connectivity index (χ1) is 2.77. The van der Waals surface area contributed by atoms with E-state index in [0.29, 0.717) is 0 Å². The van der Waals surface area contributed by atoms with Crippen molar-refractivity contribution in [2.45, 2.75) is 6.92 Å². The van der Waals surface area contributed by atoms with Crippen molar-refractivity contribution in [3.8, 4) is 0 Å². The summed E-state index contributed by atoms with van der Waals surface area (Å²) < 4.78 is 0.739. The van der Waals surface area contributed by atoms with Gasteiger partial charge >= 0.3 is 53.4 Å². The Bertz CT molecular complexity index is 72.0. The predicted molar refractivity (Wildman–Crippen MR) is 27.3 cm³/mol. The molecule has 0 rings (SSSR count). The number of hydrogen-bond acceptors (Lipinski definition) is 0. The fourth-order valence-corrected chi connectivity index (χ4v) is 0.729. The molecule has 0 heterocycles. The van der Waals surface area contributed by atoms with Gasteiger partial charge in [0.25, 0.3) is 0 Å². The van der Waals surface area contributed by atoms with E-state index in [1.807, 2.05) is 19.1 Å². The second-order valence-corrected chi connectivity index (χ2v) is 2.73. The second-order valence-electron chi connectivity index (χ2n) is 0.955. The van der Waals surface area contributed by atoms with Crippen LogP contribution in [0.25, 0.3) is 0 Å². The molecule has 0 amide bonds. The van der Waals surface area contributed by atoms with E-state index in [-0.39, 0.29) is 0 Å². The Hall–Kier alpha value is 0.350. The first-order valence-corrected chi connectivity index (χ1v) is 3.39. The van der Waals surface area contributed by atoms with Crippen LogP contribution in [0.2, 0.25) is 0 Å². The summed E-state index contributed by atoms with van der Waals surface area (Å²) in [6.45, 7) is 8.79.